The summed E-state index contributed by atoms with van der Waals surface area (Å²) in [6, 6.07) is 4.35. The molecule has 0 aliphatic heterocycles. The molecule has 0 spiro atoms. The fourth-order valence-electron chi connectivity index (χ4n) is 2.20. The van der Waals surface area contributed by atoms with Gasteiger partial charge in [-0.2, -0.15) is 4.98 Å². The Morgan fingerprint density at radius 3 is 2.40 bits per heavy atom. The first-order chi connectivity index (χ1) is 11.8. The Labute approximate surface area is 146 Å². The highest BCUT2D eigenvalue weighted by Gasteiger charge is 2.16. The second-order valence-corrected chi connectivity index (χ2v) is 6.16. The number of carbonyl (C=O) groups is 2. The van der Waals surface area contributed by atoms with Gasteiger partial charge in [-0.3, -0.25) is 4.79 Å². The van der Waals surface area contributed by atoms with Gasteiger partial charge in [0, 0.05) is 17.3 Å². The molecule has 1 atom stereocenters. The van der Waals surface area contributed by atoms with Crippen molar-refractivity contribution < 1.29 is 14.1 Å². The molecule has 0 aliphatic rings. The molecular formula is C17H23N5O3. The molecule has 8 heteroatoms. The first-order valence-corrected chi connectivity index (χ1v) is 8.05. The summed E-state index contributed by atoms with van der Waals surface area (Å²) in [4.78, 5) is 28.2. The van der Waals surface area contributed by atoms with E-state index in [-0.39, 0.29) is 11.9 Å². The molecule has 1 aromatic heterocycles. The Bertz CT molecular complexity index is 769. The Morgan fingerprint density at radius 1 is 1.12 bits per heavy atom. The van der Waals surface area contributed by atoms with Crippen LogP contribution in [-0.4, -0.2) is 28.1 Å². The van der Waals surface area contributed by atoms with E-state index >= 15 is 0 Å². The zero-order valence-electron chi connectivity index (χ0n) is 15.0. The summed E-state index contributed by atoms with van der Waals surface area (Å²) >= 11 is 0. The number of aryl methyl sites for hydroxylation is 2. The van der Waals surface area contributed by atoms with Crippen molar-refractivity contribution in [3.05, 3.63) is 41.0 Å². The van der Waals surface area contributed by atoms with Gasteiger partial charge in [-0.15, -0.1) is 0 Å². The van der Waals surface area contributed by atoms with Crippen LogP contribution in [0.25, 0.3) is 0 Å². The van der Waals surface area contributed by atoms with E-state index in [1.54, 1.807) is 32.0 Å². The van der Waals surface area contributed by atoms with Gasteiger partial charge in [-0.05, 0) is 58.4 Å². The summed E-state index contributed by atoms with van der Waals surface area (Å²) in [6.07, 6.45) is 0. The molecule has 0 bridgehead atoms. The lowest BCUT2D eigenvalue weighted by molar-refractivity contribution is 0.0943. The van der Waals surface area contributed by atoms with Gasteiger partial charge < -0.3 is 20.5 Å². The molecule has 25 heavy (non-hydrogen) atoms. The maximum Gasteiger partial charge on any atom is 0.319 e. The fraction of sp³-hybridized carbons (Fsp3) is 0.412. The molecule has 1 heterocycles. The van der Waals surface area contributed by atoms with Gasteiger partial charge in [-0.25, -0.2) is 4.79 Å². The van der Waals surface area contributed by atoms with Crippen LogP contribution >= 0.6 is 0 Å². The average Bonchev–Trinajstić information content (AvgIpc) is 2.95. The maximum atomic E-state index is 12.1. The van der Waals surface area contributed by atoms with Crippen LogP contribution in [0, 0.1) is 13.8 Å². The number of hydrogen-bond acceptors (Lipinski definition) is 5. The van der Waals surface area contributed by atoms with E-state index in [0.29, 0.717) is 23.0 Å². The Balaban J connectivity index is 2.00. The highest BCUT2D eigenvalue weighted by Crippen LogP contribution is 2.17. The van der Waals surface area contributed by atoms with Crippen molar-refractivity contribution in [2.24, 2.45) is 0 Å². The summed E-state index contributed by atoms with van der Waals surface area (Å²) < 4.78 is 5.03. The van der Waals surface area contributed by atoms with Gasteiger partial charge in [0.15, 0.2) is 5.82 Å². The fourth-order valence-corrected chi connectivity index (χ4v) is 2.20. The van der Waals surface area contributed by atoms with Crippen LogP contribution in [0.2, 0.25) is 0 Å². The number of nitrogens with zero attached hydrogens (tertiary/aromatic N) is 2. The molecule has 0 saturated heterocycles. The topological polar surface area (TPSA) is 109 Å². The summed E-state index contributed by atoms with van der Waals surface area (Å²) in [5.74, 6) is 0.703. The predicted molar refractivity (Wildman–Crippen MR) is 93.4 cm³/mol. The summed E-state index contributed by atoms with van der Waals surface area (Å²) in [5.41, 5.74) is 1.95. The zero-order chi connectivity index (χ0) is 18.6. The largest absolute Gasteiger partial charge is 0.350 e. The van der Waals surface area contributed by atoms with Crippen molar-refractivity contribution in [1.82, 2.24) is 20.8 Å². The molecule has 0 saturated carbocycles. The lowest BCUT2D eigenvalue weighted by Crippen LogP contribution is -2.32. The highest BCUT2D eigenvalue weighted by atomic mass is 16.5. The molecule has 0 unspecified atom stereocenters. The molecule has 3 N–H and O–H groups in total. The normalized spacial score (nSPS) is 11.9. The van der Waals surface area contributed by atoms with E-state index < -0.39 is 12.1 Å². The van der Waals surface area contributed by atoms with Crippen LogP contribution in [0.15, 0.2) is 22.7 Å². The van der Waals surface area contributed by atoms with Gasteiger partial charge in [0.2, 0.25) is 5.89 Å². The van der Waals surface area contributed by atoms with E-state index in [2.05, 4.69) is 26.1 Å². The Morgan fingerprint density at radius 2 is 1.84 bits per heavy atom. The smallest absolute Gasteiger partial charge is 0.319 e. The molecule has 3 amide bonds. The molecule has 8 nitrogen and oxygen atoms in total. The third kappa shape index (κ3) is 5.03. The minimum atomic E-state index is -0.419. The van der Waals surface area contributed by atoms with Crippen molar-refractivity contribution in [2.45, 2.75) is 46.7 Å². The summed E-state index contributed by atoms with van der Waals surface area (Å²) in [5, 5.41) is 12.0. The van der Waals surface area contributed by atoms with Crippen LogP contribution in [0.4, 0.5) is 10.5 Å². The van der Waals surface area contributed by atoms with Crippen molar-refractivity contribution in [3.8, 4) is 0 Å². The number of amides is 3. The molecular weight excluding hydrogens is 322 g/mol. The quantitative estimate of drug-likeness (QED) is 0.772. The molecule has 0 aliphatic carbocycles. The molecule has 2 rings (SSSR count). The van der Waals surface area contributed by atoms with E-state index in [0.717, 1.165) is 5.56 Å². The lowest BCUT2D eigenvalue weighted by atomic mass is 10.1. The van der Waals surface area contributed by atoms with Gasteiger partial charge in [-0.1, -0.05) is 5.16 Å². The second kappa shape index (κ2) is 7.78. The lowest BCUT2D eigenvalue weighted by Gasteiger charge is -2.14. The van der Waals surface area contributed by atoms with Gasteiger partial charge in [0.1, 0.15) is 6.04 Å². The van der Waals surface area contributed by atoms with Crippen LogP contribution < -0.4 is 16.0 Å². The minimum absolute atomic E-state index is 0.0613. The number of benzene rings is 1. The number of rotatable bonds is 5. The number of carbonyl (C=O) groups excluding carboxylic acids is 2. The molecule has 0 fully saturated rings. The van der Waals surface area contributed by atoms with Crippen LogP contribution in [-0.2, 0) is 0 Å². The average molecular weight is 345 g/mol. The standard InChI is InChI=1S/C17H23N5O3/c1-9(2)18-15(23)13-6-7-14(10(3)8-13)21-17(24)19-11(4)16-20-12(5)22-25-16/h6-9,11H,1-5H3,(H,18,23)(H2,19,21,24)/t11-/m1/s1. The first kappa shape index (κ1) is 18.4. The third-order valence-corrected chi connectivity index (χ3v) is 3.42. The number of urea groups is 1. The van der Waals surface area contributed by atoms with E-state index in [4.69, 9.17) is 4.52 Å². The number of hydrogen-bond donors (Lipinski definition) is 3. The molecule has 134 valence electrons. The Kier molecular flexibility index (Phi) is 5.74. The molecule has 1 aromatic carbocycles. The van der Waals surface area contributed by atoms with Crippen molar-refractivity contribution in [3.63, 3.8) is 0 Å². The predicted octanol–water partition coefficient (Wildman–Crippen LogP) is 2.71. The van der Waals surface area contributed by atoms with Crippen molar-refractivity contribution >= 4 is 17.6 Å². The highest BCUT2D eigenvalue weighted by molar-refractivity contribution is 5.96. The van der Waals surface area contributed by atoms with Crippen molar-refractivity contribution in [1.29, 1.82) is 0 Å². The number of aromatic nitrogens is 2. The second-order valence-electron chi connectivity index (χ2n) is 6.16. The minimum Gasteiger partial charge on any atom is -0.350 e. The SMILES string of the molecule is Cc1noc([C@@H](C)NC(=O)Nc2ccc(C(=O)NC(C)C)cc2C)n1. The zero-order valence-corrected chi connectivity index (χ0v) is 15.0. The first-order valence-electron chi connectivity index (χ1n) is 8.05. The van der Waals surface area contributed by atoms with Crippen molar-refractivity contribution in [2.75, 3.05) is 5.32 Å². The Hall–Kier alpha value is -2.90. The van der Waals surface area contributed by atoms with Crippen LogP contribution in [0.5, 0.6) is 0 Å². The van der Waals surface area contributed by atoms with Crippen LogP contribution in [0.3, 0.4) is 0 Å². The number of anilines is 1. The monoisotopic (exact) mass is 345 g/mol. The summed E-state index contributed by atoms with van der Waals surface area (Å²) in [6.45, 7) is 9.08. The maximum absolute atomic E-state index is 12.1. The van der Waals surface area contributed by atoms with E-state index in [9.17, 15) is 9.59 Å². The molecule has 0 radical (unpaired) electrons. The van der Waals surface area contributed by atoms with E-state index in [1.807, 2.05) is 20.8 Å². The van der Waals surface area contributed by atoms with Crippen LogP contribution in [0.1, 0.15) is 54.4 Å². The number of nitrogens with one attached hydrogen (secondary N) is 3. The van der Waals surface area contributed by atoms with E-state index in [1.165, 1.54) is 0 Å². The third-order valence-electron chi connectivity index (χ3n) is 3.42. The van der Waals surface area contributed by atoms with Gasteiger partial charge in [0.05, 0.1) is 0 Å². The summed E-state index contributed by atoms with van der Waals surface area (Å²) in [7, 11) is 0. The van der Waals surface area contributed by atoms with Gasteiger partial charge >= 0.3 is 6.03 Å². The van der Waals surface area contributed by atoms with Gasteiger partial charge in [0.25, 0.3) is 5.91 Å². The molecule has 2 aromatic rings.